The zero-order chi connectivity index (χ0) is 75.2. The van der Waals surface area contributed by atoms with Crippen LogP contribution in [0.25, 0.3) is 101 Å². The van der Waals surface area contributed by atoms with Gasteiger partial charge in [-0.1, -0.05) is 267 Å². The zero-order valence-electron chi connectivity index (χ0n) is 62.1. The number of hydrogen-bond acceptors (Lipinski definition) is 3. The predicted octanol–water partition coefficient (Wildman–Crippen LogP) is 28.7. The molecule has 2 atom stereocenters. The van der Waals surface area contributed by atoms with Crippen LogP contribution in [0.5, 0.6) is 0 Å². The normalized spacial score (nSPS) is 14.5. The number of aryl methyl sites for hydroxylation is 4. The second-order valence-corrected chi connectivity index (χ2v) is 29.7. The average molecular weight is 1430 g/mol. The van der Waals surface area contributed by atoms with Crippen molar-refractivity contribution in [2.24, 2.45) is 0 Å². The Kier molecular flexibility index (Phi) is 16.6. The van der Waals surface area contributed by atoms with Gasteiger partial charge in [0.15, 0.2) is 0 Å². The lowest BCUT2D eigenvalue weighted by Crippen LogP contribution is -2.30. The van der Waals surface area contributed by atoms with Crippen molar-refractivity contribution in [1.82, 2.24) is 0 Å². The average Bonchev–Trinajstić information content (AvgIpc) is 1.55. The minimum atomic E-state index is -0.701. The highest BCUT2D eigenvalue weighted by Gasteiger charge is 2.49. The molecule has 19 rings (SSSR count). The van der Waals surface area contributed by atoms with E-state index >= 15 is 0 Å². The lowest BCUT2D eigenvalue weighted by molar-refractivity contribution is 0.627. The maximum Gasteiger partial charge on any atom is 0.135 e. The van der Waals surface area contributed by atoms with Crippen molar-refractivity contribution in [2.75, 3.05) is 9.80 Å². The van der Waals surface area contributed by atoms with Crippen LogP contribution >= 0.6 is 0 Å². The largest absolute Gasteiger partial charge is 0.456 e. The van der Waals surface area contributed by atoms with Crippen molar-refractivity contribution in [1.29, 1.82) is 0 Å². The third kappa shape index (κ3) is 11.4. The third-order valence-electron chi connectivity index (χ3n) is 23.3. The number of fused-ring (bicyclic) bond motifs is 9. The standard InChI is InChI=1S/C106H76F2N2O/c1-7-71-27-39-81(40-28-71)105(99-59-67(3)23-25-69(99)5)97-21-11-9-19-91(97)93-55-51-89(65-101(93)105)109(85-47-35-75(36-48-85)79-17-13-15-77(61-79)73-31-43-83(107)44-32-73)87-53-57-103-95(63-87)96-64-88(54-58-104(96)111-103)110(86-49-37-76(38-50-86)80-18-14-16-78(62-80)74-33-45-84(108)46-34-74)90-52-56-94-92-20-10-12-22-98(92)106(102(94)66-90,82-41-29-72(8-2)30-42-82)100-60-68(4)24-26-70(100)6/h7-66H,1-2H2,3-6H3. The van der Waals surface area contributed by atoms with Gasteiger partial charge >= 0.3 is 0 Å². The Morgan fingerprint density at radius 2 is 0.604 bits per heavy atom. The molecule has 530 valence electrons. The molecule has 2 unspecified atom stereocenters. The Bertz CT molecular complexity index is 6150. The van der Waals surface area contributed by atoms with Crippen LogP contribution < -0.4 is 9.80 Å². The first-order chi connectivity index (χ1) is 54.3. The highest BCUT2D eigenvalue weighted by molar-refractivity contribution is 6.09. The SMILES string of the molecule is C=Cc1ccc(C2(c3cc(C)ccc3C)c3ccccc3-c3ccc(N(c4ccc(-c5cccc(-c6ccc(F)cc6)c5)cc4)c4ccc5oc6ccc(N(c7ccc(-c8cccc(-c9ccc(F)cc9)c8)cc7)c7ccc8c(c7)C(c7ccc(C=C)cc7)(c7cc(C)ccc7C)c7ccccc7-8)cc6c5c4)cc32)cc1. The fraction of sp³-hybridized carbons (Fsp3) is 0.0566. The molecule has 1 heterocycles. The van der Waals surface area contributed by atoms with Crippen LogP contribution in [0.4, 0.5) is 42.9 Å². The molecule has 0 radical (unpaired) electrons. The first-order valence-corrected chi connectivity index (χ1v) is 37.9. The van der Waals surface area contributed by atoms with Crippen molar-refractivity contribution in [2.45, 2.75) is 38.5 Å². The van der Waals surface area contributed by atoms with E-state index in [4.69, 9.17) is 4.42 Å². The molecule has 2 aliphatic rings. The number of hydrogen-bond donors (Lipinski definition) is 0. The van der Waals surface area contributed by atoms with Gasteiger partial charge in [-0.05, 0) is 283 Å². The quantitative estimate of drug-likeness (QED) is 0.0961. The molecule has 5 heteroatoms. The second-order valence-electron chi connectivity index (χ2n) is 29.7. The molecule has 0 aliphatic heterocycles. The Morgan fingerprint density at radius 1 is 0.270 bits per heavy atom. The molecule has 0 bridgehead atoms. The van der Waals surface area contributed by atoms with E-state index in [9.17, 15) is 8.78 Å². The van der Waals surface area contributed by atoms with E-state index in [0.29, 0.717) is 0 Å². The molecule has 16 aromatic carbocycles. The highest BCUT2D eigenvalue weighted by atomic mass is 19.1. The summed E-state index contributed by atoms with van der Waals surface area (Å²) in [6.07, 6.45) is 3.83. The van der Waals surface area contributed by atoms with Crippen molar-refractivity contribution in [3.05, 3.63) is 455 Å². The zero-order valence-corrected chi connectivity index (χ0v) is 62.1. The van der Waals surface area contributed by atoms with Gasteiger partial charge in [-0.25, -0.2) is 8.78 Å². The molecule has 0 saturated carbocycles. The molecule has 0 amide bonds. The van der Waals surface area contributed by atoms with Crippen LogP contribution in [-0.4, -0.2) is 0 Å². The van der Waals surface area contributed by atoms with Gasteiger partial charge < -0.3 is 14.2 Å². The third-order valence-corrected chi connectivity index (χ3v) is 23.3. The Hall–Kier alpha value is -13.7. The summed E-state index contributed by atoms with van der Waals surface area (Å²) in [5, 5.41) is 1.92. The number of halogens is 2. The van der Waals surface area contributed by atoms with Gasteiger partial charge in [0.05, 0.1) is 10.8 Å². The first kappa shape index (κ1) is 67.8. The number of nitrogens with zero attached hydrogens (tertiary/aromatic N) is 2. The van der Waals surface area contributed by atoms with Gasteiger partial charge in [0, 0.05) is 44.9 Å². The molecule has 0 fully saturated rings. The lowest BCUT2D eigenvalue weighted by atomic mass is 9.66. The lowest BCUT2D eigenvalue weighted by Gasteiger charge is -2.36. The summed E-state index contributed by atoms with van der Waals surface area (Å²) in [7, 11) is 0. The van der Waals surface area contributed by atoms with E-state index in [-0.39, 0.29) is 11.6 Å². The molecule has 3 nitrogen and oxygen atoms in total. The van der Waals surface area contributed by atoms with Crippen LogP contribution in [0, 0.1) is 39.3 Å². The molecule has 1 aromatic heterocycles. The molecular formula is C106H76F2N2O. The van der Waals surface area contributed by atoms with E-state index in [2.05, 4.69) is 354 Å². The Balaban J connectivity index is 0.806. The minimum Gasteiger partial charge on any atom is -0.456 e. The monoisotopic (exact) mass is 1430 g/mol. The molecule has 111 heavy (non-hydrogen) atoms. The first-order valence-electron chi connectivity index (χ1n) is 37.9. The number of rotatable bonds is 16. The minimum absolute atomic E-state index is 0.263. The molecular weight excluding hydrogens is 1360 g/mol. The van der Waals surface area contributed by atoms with Crippen molar-refractivity contribution in [3.63, 3.8) is 0 Å². The van der Waals surface area contributed by atoms with E-state index in [0.717, 1.165) is 112 Å². The smallest absolute Gasteiger partial charge is 0.135 e. The Labute approximate surface area is 646 Å². The van der Waals surface area contributed by atoms with E-state index < -0.39 is 10.8 Å². The maximum absolute atomic E-state index is 14.2. The summed E-state index contributed by atoms with van der Waals surface area (Å²) in [6.45, 7) is 17.2. The second kappa shape index (κ2) is 27.2. The molecule has 0 N–H and O–H groups in total. The fourth-order valence-corrected chi connectivity index (χ4v) is 17.9. The van der Waals surface area contributed by atoms with Gasteiger partial charge in [0.25, 0.3) is 0 Å². The molecule has 0 saturated heterocycles. The summed E-state index contributed by atoms with van der Waals surface area (Å²) in [5.41, 5.74) is 35.4. The van der Waals surface area contributed by atoms with Crippen LogP contribution in [-0.2, 0) is 10.8 Å². The van der Waals surface area contributed by atoms with E-state index in [1.54, 1.807) is 0 Å². The van der Waals surface area contributed by atoms with Gasteiger partial charge in [-0.3, -0.25) is 0 Å². The van der Waals surface area contributed by atoms with Gasteiger partial charge in [0.2, 0.25) is 0 Å². The van der Waals surface area contributed by atoms with Crippen LogP contribution in [0.3, 0.4) is 0 Å². The number of anilines is 6. The van der Waals surface area contributed by atoms with Crippen molar-refractivity contribution >= 4 is 68.2 Å². The summed E-state index contributed by atoms with van der Waals surface area (Å²) in [6, 6.07) is 125. The topological polar surface area (TPSA) is 19.6 Å². The highest BCUT2D eigenvalue weighted by Crippen LogP contribution is 2.61. The van der Waals surface area contributed by atoms with Crippen molar-refractivity contribution < 1.29 is 13.2 Å². The van der Waals surface area contributed by atoms with Crippen molar-refractivity contribution in [3.8, 4) is 66.8 Å². The summed E-state index contributed by atoms with van der Waals surface area (Å²) >= 11 is 0. The van der Waals surface area contributed by atoms with Crippen LogP contribution in [0.15, 0.2) is 369 Å². The van der Waals surface area contributed by atoms with Crippen LogP contribution in [0.2, 0.25) is 0 Å². The van der Waals surface area contributed by atoms with Gasteiger partial charge in [0.1, 0.15) is 22.8 Å². The number of furan rings is 1. The summed E-state index contributed by atoms with van der Waals surface area (Å²) in [5.74, 6) is -0.525. The molecule has 2 aliphatic carbocycles. The van der Waals surface area contributed by atoms with Crippen LogP contribution in [0.1, 0.15) is 77.9 Å². The molecule has 17 aromatic rings. The fourth-order valence-electron chi connectivity index (χ4n) is 17.9. The van der Waals surface area contributed by atoms with E-state index in [1.165, 1.54) is 113 Å². The number of benzene rings is 16. The maximum atomic E-state index is 14.2. The molecule has 0 spiro atoms. The summed E-state index contributed by atoms with van der Waals surface area (Å²) in [4.78, 5) is 4.80. The van der Waals surface area contributed by atoms with Gasteiger partial charge in [-0.15, -0.1) is 0 Å². The Morgan fingerprint density at radius 3 is 0.982 bits per heavy atom. The predicted molar refractivity (Wildman–Crippen MR) is 458 cm³/mol. The summed E-state index contributed by atoms with van der Waals surface area (Å²) < 4.78 is 35.5. The van der Waals surface area contributed by atoms with E-state index in [1.807, 2.05) is 36.4 Å². The van der Waals surface area contributed by atoms with Gasteiger partial charge in [-0.2, -0.15) is 0 Å².